The maximum atomic E-state index is 13.3. The molecule has 0 unspecified atom stereocenters. The predicted octanol–water partition coefficient (Wildman–Crippen LogP) is 5.45. The Bertz CT molecular complexity index is 587. The fourth-order valence-electron chi connectivity index (χ4n) is 1.62. The van der Waals surface area contributed by atoms with Crippen LogP contribution in [-0.4, -0.2) is 0 Å². The standard InChI is InChI=1S/C14H10Cl3FO/c15-7-10-11(16)4-2-6-13(10)19-8-9-3-1-5-12(18)14(9)17/h1-6H,7-8H2. The number of hydrogen-bond acceptors (Lipinski definition) is 1. The summed E-state index contributed by atoms with van der Waals surface area (Å²) in [5.74, 6) is 0.348. The molecule has 0 bridgehead atoms. The molecule has 0 aliphatic carbocycles. The van der Waals surface area contributed by atoms with Crippen LogP contribution in [0.4, 0.5) is 4.39 Å². The molecule has 100 valence electrons. The van der Waals surface area contributed by atoms with E-state index in [2.05, 4.69) is 0 Å². The van der Waals surface area contributed by atoms with Crippen molar-refractivity contribution >= 4 is 34.8 Å². The van der Waals surface area contributed by atoms with Crippen LogP contribution in [0.3, 0.4) is 0 Å². The molecule has 0 aliphatic heterocycles. The average Bonchev–Trinajstić information content (AvgIpc) is 2.40. The van der Waals surface area contributed by atoms with Gasteiger partial charge in [-0.1, -0.05) is 41.4 Å². The van der Waals surface area contributed by atoms with Crippen molar-refractivity contribution in [1.29, 1.82) is 0 Å². The first-order valence-electron chi connectivity index (χ1n) is 5.52. The quantitative estimate of drug-likeness (QED) is 0.681. The molecule has 1 nitrogen and oxygen atoms in total. The van der Waals surface area contributed by atoms with Crippen molar-refractivity contribution in [3.63, 3.8) is 0 Å². The van der Waals surface area contributed by atoms with E-state index in [1.165, 1.54) is 6.07 Å². The first kappa shape index (κ1) is 14.4. The fourth-order valence-corrected chi connectivity index (χ4v) is 2.38. The molecule has 0 atom stereocenters. The summed E-state index contributed by atoms with van der Waals surface area (Å²) in [5, 5.41) is 0.606. The van der Waals surface area contributed by atoms with Crippen LogP contribution in [0.25, 0.3) is 0 Å². The number of alkyl halides is 1. The van der Waals surface area contributed by atoms with Gasteiger partial charge >= 0.3 is 0 Å². The van der Waals surface area contributed by atoms with Crippen molar-refractivity contribution in [2.75, 3.05) is 0 Å². The van der Waals surface area contributed by atoms with E-state index < -0.39 is 5.82 Å². The van der Waals surface area contributed by atoms with Gasteiger partial charge in [0.15, 0.2) is 0 Å². The lowest BCUT2D eigenvalue weighted by Crippen LogP contribution is -2.00. The first-order valence-corrected chi connectivity index (χ1v) is 6.81. The Hall–Kier alpha value is -0.960. The Morgan fingerprint density at radius 1 is 1.05 bits per heavy atom. The maximum Gasteiger partial charge on any atom is 0.142 e. The van der Waals surface area contributed by atoms with E-state index in [9.17, 15) is 4.39 Å². The molecule has 2 rings (SSSR count). The zero-order valence-corrected chi connectivity index (χ0v) is 12.1. The van der Waals surface area contributed by atoms with Crippen molar-refractivity contribution in [3.05, 3.63) is 63.4 Å². The van der Waals surface area contributed by atoms with Crippen LogP contribution in [0.2, 0.25) is 10.0 Å². The van der Waals surface area contributed by atoms with E-state index in [-0.39, 0.29) is 17.5 Å². The second kappa shape index (κ2) is 6.47. The molecule has 0 fully saturated rings. The zero-order chi connectivity index (χ0) is 13.8. The van der Waals surface area contributed by atoms with E-state index in [1.807, 2.05) is 0 Å². The highest BCUT2D eigenvalue weighted by atomic mass is 35.5. The largest absolute Gasteiger partial charge is 0.488 e. The van der Waals surface area contributed by atoms with E-state index >= 15 is 0 Å². The monoisotopic (exact) mass is 318 g/mol. The normalized spacial score (nSPS) is 10.5. The molecule has 19 heavy (non-hydrogen) atoms. The van der Waals surface area contributed by atoms with E-state index in [1.54, 1.807) is 30.3 Å². The summed E-state index contributed by atoms with van der Waals surface area (Å²) >= 11 is 17.7. The molecule has 0 aliphatic rings. The predicted molar refractivity (Wildman–Crippen MR) is 76.8 cm³/mol. The lowest BCUT2D eigenvalue weighted by Gasteiger charge is -2.12. The van der Waals surface area contributed by atoms with Crippen LogP contribution in [0.15, 0.2) is 36.4 Å². The second-order valence-corrected chi connectivity index (χ2v) is 4.90. The molecule has 0 aromatic heterocycles. The Labute approximate surface area is 125 Å². The van der Waals surface area contributed by atoms with Crippen molar-refractivity contribution < 1.29 is 9.13 Å². The lowest BCUT2D eigenvalue weighted by molar-refractivity contribution is 0.303. The topological polar surface area (TPSA) is 9.23 Å². The minimum absolute atomic E-state index is 0.0666. The number of rotatable bonds is 4. The second-order valence-electron chi connectivity index (χ2n) is 3.85. The van der Waals surface area contributed by atoms with Crippen LogP contribution >= 0.6 is 34.8 Å². The molecule has 0 amide bonds. The van der Waals surface area contributed by atoms with E-state index in [0.717, 1.165) is 0 Å². The van der Waals surface area contributed by atoms with Crippen molar-refractivity contribution in [2.24, 2.45) is 0 Å². The summed E-state index contributed by atoms with van der Waals surface area (Å²) in [5.41, 5.74) is 1.28. The average molecular weight is 320 g/mol. The summed E-state index contributed by atoms with van der Waals surface area (Å²) in [6.45, 7) is 0.154. The molecule has 5 heteroatoms. The maximum absolute atomic E-state index is 13.3. The van der Waals surface area contributed by atoms with Gasteiger partial charge in [0.2, 0.25) is 0 Å². The molecular weight excluding hydrogens is 310 g/mol. The van der Waals surface area contributed by atoms with Crippen LogP contribution in [0.5, 0.6) is 5.75 Å². The molecule has 0 saturated carbocycles. The van der Waals surface area contributed by atoms with Gasteiger partial charge in [0, 0.05) is 16.1 Å². The van der Waals surface area contributed by atoms with Crippen LogP contribution in [0.1, 0.15) is 11.1 Å². The fraction of sp³-hybridized carbons (Fsp3) is 0.143. The summed E-state index contributed by atoms with van der Waals surface area (Å²) < 4.78 is 18.9. The summed E-state index contributed by atoms with van der Waals surface area (Å²) in [6.07, 6.45) is 0. The molecule has 0 N–H and O–H groups in total. The Balaban J connectivity index is 2.19. The van der Waals surface area contributed by atoms with Crippen LogP contribution < -0.4 is 4.74 Å². The summed E-state index contributed by atoms with van der Waals surface area (Å²) in [6, 6.07) is 9.85. The van der Waals surface area contributed by atoms with Crippen LogP contribution in [-0.2, 0) is 12.5 Å². The number of halogens is 4. The smallest absolute Gasteiger partial charge is 0.142 e. The minimum Gasteiger partial charge on any atom is -0.488 e. The Morgan fingerprint density at radius 3 is 2.53 bits per heavy atom. The third kappa shape index (κ3) is 3.33. The number of benzene rings is 2. The zero-order valence-electron chi connectivity index (χ0n) is 9.80. The van der Waals surface area contributed by atoms with Gasteiger partial charge in [0.1, 0.15) is 18.2 Å². The van der Waals surface area contributed by atoms with Crippen molar-refractivity contribution in [3.8, 4) is 5.75 Å². The minimum atomic E-state index is -0.466. The molecule has 0 saturated heterocycles. The van der Waals surface area contributed by atoms with E-state index in [0.29, 0.717) is 21.9 Å². The van der Waals surface area contributed by atoms with Crippen molar-refractivity contribution in [2.45, 2.75) is 12.5 Å². The molecule has 0 spiro atoms. The van der Waals surface area contributed by atoms with Gasteiger partial charge in [-0.2, -0.15) is 0 Å². The first-order chi connectivity index (χ1) is 9.13. The highest BCUT2D eigenvalue weighted by molar-refractivity contribution is 6.32. The van der Waals surface area contributed by atoms with Crippen molar-refractivity contribution in [1.82, 2.24) is 0 Å². The van der Waals surface area contributed by atoms with Gasteiger partial charge in [-0.15, -0.1) is 11.6 Å². The summed E-state index contributed by atoms with van der Waals surface area (Å²) in [4.78, 5) is 0. The third-order valence-corrected chi connectivity index (χ3v) is 3.67. The summed E-state index contributed by atoms with van der Waals surface area (Å²) in [7, 11) is 0. The number of ether oxygens (including phenoxy) is 1. The molecule has 0 heterocycles. The molecular formula is C14H10Cl3FO. The van der Waals surface area contributed by atoms with Crippen LogP contribution in [0, 0.1) is 5.82 Å². The SMILES string of the molecule is Fc1cccc(COc2cccc(Cl)c2CCl)c1Cl. The van der Waals surface area contributed by atoms with Gasteiger partial charge in [-0.05, 0) is 18.2 Å². The van der Waals surface area contributed by atoms with Gasteiger partial charge in [0.25, 0.3) is 0 Å². The van der Waals surface area contributed by atoms with Gasteiger partial charge in [-0.25, -0.2) is 4.39 Å². The Morgan fingerprint density at radius 2 is 1.79 bits per heavy atom. The van der Waals surface area contributed by atoms with Gasteiger partial charge in [0.05, 0.1) is 10.9 Å². The lowest BCUT2D eigenvalue weighted by atomic mass is 10.2. The van der Waals surface area contributed by atoms with E-state index in [4.69, 9.17) is 39.5 Å². The van der Waals surface area contributed by atoms with Gasteiger partial charge in [-0.3, -0.25) is 0 Å². The third-order valence-electron chi connectivity index (χ3n) is 2.62. The Kier molecular flexibility index (Phi) is 4.92. The molecule has 0 radical (unpaired) electrons. The molecule has 2 aromatic carbocycles. The number of hydrogen-bond donors (Lipinski definition) is 0. The molecule has 2 aromatic rings. The highest BCUT2D eigenvalue weighted by Crippen LogP contribution is 2.29. The highest BCUT2D eigenvalue weighted by Gasteiger charge is 2.10. The van der Waals surface area contributed by atoms with Gasteiger partial charge < -0.3 is 4.74 Å².